The van der Waals surface area contributed by atoms with Crippen LogP contribution in [0.25, 0.3) is 0 Å². The van der Waals surface area contributed by atoms with Crippen molar-refractivity contribution in [3.8, 4) is 0 Å². The number of likely N-dealkylation sites (tertiary alicyclic amines) is 1. The molecule has 0 spiro atoms. The van der Waals surface area contributed by atoms with E-state index >= 15 is 0 Å². The topological polar surface area (TPSA) is 29.3 Å². The first-order valence-electron chi connectivity index (χ1n) is 5.53. The maximum Gasteiger partial charge on any atom is 0.0218 e. The predicted molar refractivity (Wildman–Crippen MR) is 57.7 cm³/mol. The van der Waals surface area contributed by atoms with Crippen molar-refractivity contribution in [3.63, 3.8) is 0 Å². The largest absolute Gasteiger partial charge is 0.329 e. The third-order valence-electron chi connectivity index (χ3n) is 3.12. The molecule has 13 heavy (non-hydrogen) atoms. The highest BCUT2D eigenvalue weighted by molar-refractivity contribution is 4.86. The van der Waals surface area contributed by atoms with Crippen LogP contribution in [0.15, 0.2) is 0 Å². The summed E-state index contributed by atoms with van der Waals surface area (Å²) in [4.78, 5) is 2.57. The van der Waals surface area contributed by atoms with Crippen molar-refractivity contribution in [2.24, 2.45) is 11.1 Å². The second-order valence-electron chi connectivity index (χ2n) is 5.06. The van der Waals surface area contributed by atoms with Gasteiger partial charge in [0, 0.05) is 19.1 Å². The lowest BCUT2D eigenvalue weighted by Crippen LogP contribution is -2.39. The van der Waals surface area contributed by atoms with Gasteiger partial charge in [-0.25, -0.2) is 0 Å². The molecule has 0 aromatic carbocycles. The van der Waals surface area contributed by atoms with Crippen molar-refractivity contribution in [1.82, 2.24) is 4.90 Å². The number of hydrogen-bond acceptors (Lipinski definition) is 2. The monoisotopic (exact) mass is 184 g/mol. The minimum Gasteiger partial charge on any atom is -0.329 e. The zero-order chi connectivity index (χ0) is 9.90. The van der Waals surface area contributed by atoms with Crippen LogP contribution in [0, 0.1) is 5.41 Å². The highest BCUT2D eigenvalue weighted by Crippen LogP contribution is 2.30. The summed E-state index contributed by atoms with van der Waals surface area (Å²) in [6.07, 6.45) is 3.83. The molecule has 1 saturated heterocycles. The molecule has 0 aromatic heterocycles. The van der Waals surface area contributed by atoms with Gasteiger partial charge in [0.25, 0.3) is 0 Å². The molecule has 0 radical (unpaired) electrons. The van der Waals surface area contributed by atoms with Crippen LogP contribution in [0.5, 0.6) is 0 Å². The summed E-state index contributed by atoms with van der Waals surface area (Å²) >= 11 is 0. The van der Waals surface area contributed by atoms with Crippen LogP contribution in [-0.4, -0.2) is 30.6 Å². The van der Waals surface area contributed by atoms with E-state index in [2.05, 4.69) is 25.7 Å². The van der Waals surface area contributed by atoms with Crippen LogP contribution >= 0.6 is 0 Å². The fourth-order valence-electron chi connectivity index (χ4n) is 2.25. The standard InChI is InChI=1S/C11H24N2/c1-4-5-10(8-12)13-7-6-11(2,3)9-13/h10H,4-9,12H2,1-3H3. The Morgan fingerprint density at radius 3 is 2.54 bits per heavy atom. The maximum atomic E-state index is 5.79. The van der Waals surface area contributed by atoms with E-state index in [-0.39, 0.29) is 0 Å². The van der Waals surface area contributed by atoms with Crippen LogP contribution in [0.3, 0.4) is 0 Å². The molecule has 78 valence electrons. The summed E-state index contributed by atoms with van der Waals surface area (Å²) in [7, 11) is 0. The Morgan fingerprint density at radius 1 is 1.46 bits per heavy atom. The smallest absolute Gasteiger partial charge is 0.0218 e. The van der Waals surface area contributed by atoms with Gasteiger partial charge in [-0.2, -0.15) is 0 Å². The first kappa shape index (κ1) is 11.0. The Bertz CT molecular complexity index is 154. The number of hydrogen-bond donors (Lipinski definition) is 1. The molecule has 2 heteroatoms. The number of nitrogens with zero attached hydrogens (tertiary/aromatic N) is 1. The molecule has 0 aliphatic carbocycles. The number of rotatable bonds is 4. The van der Waals surface area contributed by atoms with Gasteiger partial charge in [0.05, 0.1) is 0 Å². The Hall–Kier alpha value is -0.0800. The quantitative estimate of drug-likeness (QED) is 0.722. The van der Waals surface area contributed by atoms with Gasteiger partial charge in [-0.05, 0) is 24.8 Å². The summed E-state index contributed by atoms with van der Waals surface area (Å²) < 4.78 is 0. The van der Waals surface area contributed by atoms with Crippen molar-refractivity contribution in [3.05, 3.63) is 0 Å². The fourth-order valence-corrected chi connectivity index (χ4v) is 2.25. The van der Waals surface area contributed by atoms with Crippen LogP contribution in [-0.2, 0) is 0 Å². The molecule has 1 rings (SSSR count). The first-order chi connectivity index (χ1) is 6.09. The zero-order valence-electron chi connectivity index (χ0n) is 9.34. The molecule has 1 fully saturated rings. The number of nitrogens with two attached hydrogens (primary N) is 1. The minimum atomic E-state index is 0.515. The molecule has 1 aliphatic rings. The molecular weight excluding hydrogens is 160 g/mol. The van der Waals surface area contributed by atoms with E-state index in [1.807, 2.05) is 0 Å². The van der Waals surface area contributed by atoms with Crippen LogP contribution < -0.4 is 5.73 Å². The molecule has 1 unspecified atom stereocenters. The normalized spacial score (nSPS) is 24.9. The van der Waals surface area contributed by atoms with Crippen molar-refractivity contribution in [2.45, 2.75) is 46.1 Å². The van der Waals surface area contributed by atoms with Gasteiger partial charge in [0.2, 0.25) is 0 Å². The fraction of sp³-hybridized carbons (Fsp3) is 1.00. The van der Waals surface area contributed by atoms with Gasteiger partial charge in [-0.15, -0.1) is 0 Å². The highest BCUT2D eigenvalue weighted by atomic mass is 15.2. The van der Waals surface area contributed by atoms with E-state index in [0.29, 0.717) is 11.5 Å². The molecule has 2 nitrogen and oxygen atoms in total. The molecule has 2 N–H and O–H groups in total. The summed E-state index contributed by atoms with van der Waals surface area (Å²) in [5.74, 6) is 0. The average molecular weight is 184 g/mol. The second-order valence-corrected chi connectivity index (χ2v) is 5.06. The molecule has 1 heterocycles. The second kappa shape index (κ2) is 4.43. The molecule has 0 saturated carbocycles. The van der Waals surface area contributed by atoms with Crippen molar-refractivity contribution in [1.29, 1.82) is 0 Å². The van der Waals surface area contributed by atoms with Gasteiger partial charge >= 0.3 is 0 Å². The maximum absolute atomic E-state index is 5.79. The van der Waals surface area contributed by atoms with E-state index < -0.39 is 0 Å². The Kier molecular flexibility index (Phi) is 3.74. The van der Waals surface area contributed by atoms with E-state index in [0.717, 1.165) is 6.54 Å². The Labute approximate surface area is 82.5 Å². The highest BCUT2D eigenvalue weighted by Gasteiger charge is 2.32. The SMILES string of the molecule is CCCC(CN)N1CCC(C)(C)C1. The van der Waals surface area contributed by atoms with Crippen molar-refractivity contribution < 1.29 is 0 Å². The first-order valence-corrected chi connectivity index (χ1v) is 5.53. The summed E-state index contributed by atoms with van der Waals surface area (Å²) in [6.45, 7) is 10.2. The van der Waals surface area contributed by atoms with Gasteiger partial charge in [0.1, 0.15) is 0 Å². The van der Waals surface area contributed by atoms with Crippen LogP contribution in [0.2, 0.25) is 0 Å². The third kappa shape index (κ3) is 2.96. The molecular formula is C11H24N2. The van der Waals surface area contributed by atoms with Gasteiger partial charge in [-0.3, -0.25) is 4.90 Å². The summed E-state index contributed by atoms with van der Waals surface area (Å²) in [6, 6.07) is 0.631. The summed E-state index contributed by atoms with van der Waals surface area (Å²) in [5.41, 5.74) is 6.30. The molecule has 0 bridgehead atoms. The third-order valence-corrected chi connectivity index (χ3v) is 3.12. The van der Waals surface area contributed by atoms with Crippen molar-refractivity contribution in [2.75, 3.05) is 19.6 Å². The van der Waals surface area contributed by atoms with E-state index in [4.69, 9.17) is 5.73 Å². The van der Waals surface area contributed by atoms with E-state index in [1.54, 1.807) is 0 Å². The summed E-state index contributed by atoms with van der Waals surface area (Å²) in [5, 5.41) is 0. The Morgan fingerprint density at radius 2 is 2.15 bits per heavy atom. The van der Waals surface area contributed by atoms with Gasteiger partial charge in [0.15, 0.2) is 0 Å². The van der Waals surface area contributed by atoms with Gasteiger partial charge in [-0.1, -0.05) is 27.2 Å². The lowest BCUT2D eigenvalue weighted by atomic mass is 9.93. The lowest BCUT2D eigenvalue weighted by Gasteiger charge is -2.27. The average Bonchev–Trinajstić information content (AvgIpc) is 2.42. The molecule has 0 amide bonds. The van der Waals surface area contributed by atoms with E-state index in [1.165, 1.54) is 32.4 Å². The molecule has 1 aliphatic heterocycles. The van der Waals surface area contributed by atoms with Crippen LogP contribution in [0.4, 0.5) is 0 Å². The van der Waals surface area contributed by atoms with Crippen molar-refractivity contribution >= 4 is 0 Å². The van der Waals surface area contributed by atoms with Gasteiger partial charge < -0.3 is 5.73 Å². The Balaban J connectivity index is 2.43. The predicted octanol–water partition coefficient (Wildman–Crippen LogP) is 1.85. The minimum absolute atomic E-state index is 0.515. The lowest BCUT2D eigenvalue weighted by molar-refractivity contribution is 0.210. The van der Waals surface area contributed by atoms with E-state index in [9.17, 15) is 0 Å². The molecule has 0 aromatic rings. The van der Waals surface area contributed by atoms with Crippen LogP contribution in [0.1, 0.15) is 40.0 Å². The molecule has 1 atom stereocenters. The zero-order valence-corrected chi connectivity index (χ0v) is 9.34.